The number of nitrogens with zero attached hydrogens (tertiary/aromatic N) is 4. The average Bonchev–Trinajstić information content (AvgIpc) is 2.62. The fourth-order valence-corrected chi connectivity index (χ4v) is 2.54. The van der Waals surface area contributed by atoms with Crippen LogP contribution in [0.2, 0.25) is 0 Å². The molecule has 118 valence electrons. The number of rotatable bonds is 3. The van der Waals surface area contributed by atoms with E-state index in [9.17, 15) is 9.59 Å². The summed E-state index contributed by atoms with van der Waals surface area (Å²) >= 11 is 0. The van der Waals surface area contributed by atoms with E-state index in [0.717, 1.165) is 5.82 Å². The van der Waals surface area contributed by atoms with Crippen molar-refractivity contribution in [1.29, 1.82) is 0 Å². The number of carboxylic acids is 1. The maximum atomic E-state index is 12.5. The van der Waals surface area contributed by atoms with E-state index in [4.69, 9.17) is 5.11 Å². The lowest BCUT2D eigenvalue weighted by Gasteiger charge is -2.35. The van der Waals surface area contributed by atoms with Crippen LogP contribution in [-0.2, 0) is 0 Å². The van der Waals surface area contributed by atoms with Crippen molar-refractivity contribution < 1.29 is 14.7 Å². The van der Waals surface area contributed by atoms with Crippen LogP contribution in [0.4, 0.5) is 5.82 Å². The predicted octanol–water partition coefficient (Wildman–Crippen LogP) is 1.14. The maximum Gasteiger partial charge on any atom is 0.335 e. The van der Waals surface area contributed by atoms with Gasteiger partial charge in [-0.2, -0.15) is 5.10 Å². The SMILES string of the molecule is O=C(O)c1ccc(C(=O)N2CCN(c3cccnn3)CC2)cc1. The van der Waals surface area contributed by atoms with E-state index in [1.165, 1.54) is 12.1 Å². The number of benzene rings is 1. The second-order valence-electron chi connectivity index (χ2n) is 5.24. The summed E-state index contributed by atoms with van der Waals surface area (Å²) in [5.74, 6) is -0.271. The van der Waals surface area contributed by atoms with Crippen molar-refractivity contribution >= 4 is 17.7 Å². The third kappa shape index (κ3) is 3.28. The van der Waals surface area contributed by atoms with E-state index in [0.29, 0.717) is 31.7 Å². The van der Waals surface area contributed by atoms with Gasteiger partial charge in [-0.15, -0.1) is 5.10 Å². The highest BCUT2D eigenvalue weighted by Gasteiger charge is 2.23. The molecule has 0 bridgehead atoms. The molecule has 7 heteroatoms. The summed E-state index contributed by atoms with van der Waals surface area (Å²) < 4.78 is 0. The second-order valence-corrected chi connectivity index (χ2v) is 5.24. The van der Waals surface area contributed by atoms with E-state index in [-0.39, 0.29) is 11.5 Å². The minimum atomic E-state index is -0.999. The van der Waals surface area contributed by atoms with Crippen molar-refractivity contribution in [2.45, 2.75) is 0 Å². The fraction of sp³-hybridized carbons (Fsp3) is 0.250. The highest BCUT2D eigenvalue weighted by Crippen LogP contribution is 2.14. The van der Waals surface area contributed by atoms with Gasteiger partial charge in [0, 0.05) is 37.9 Å². The van der Waals surface area contributed by atoms with E-state index < -0.39 is 5.97 Å². The number of carbonyl (C=O) groups is 2. The van der Waals surface area contributed by atoms with Crippen LogP contribution < -0.4 is 4.90 Å². The first-order valence-corrected chi connectivity index (χ1v) is 7.30. The molecular formula is C16H16N4O3. The van der Waals surface area contributed by atoms with E-state index in [1.54, 1.807) is 23.2 Å². The molecule has 1 aromatic heterocycles. The summed E-state index contributed by atoms with van der Waals surface area (Å²) in [5.41, 5.74) is 0.678. The maximum absolute atomic E-state index is 12.5. The molecule has 3 rings (SSSR count). The monoisotopic (exact) mass is 312 g/mol. The standard InChI is InChI=1S/C16H16N4O3/c21-15(12-3-5-13(6-4-12)16(22)23)20-10-8-19(9-11-20)14-2-1-7-17-18-14/h1-7H,8-11H2,(H,22,23). The summed E-state index contributed by atoms with van der Waals surface area (Å²) in [6.45, 7) is 2.57. The van der Waals surface area contributed by atoms with Crippen LogP contribution in [0.5, 0.6) is 0 Å². The number of amides is 1. The van der Waals surface area contributed by atoms with Crippen molar-refractivity contribution in [2.24, 2.45) is 0 Å². The molecule has 0 radical (unpaired) electrons. The highest BCUT2D eigenvalue weighted by atomic mass is 16.4. The predicted molar refractivity (Wildman–Crippen MR) is 83.5 cm³/mol. The first kappa shape index (κ1) is 15.0. The van der Waals surface area contributed by atoms with Crippen molar-refractivity contribution in [3.8, 4) is 0 Å². The number of anilines is 1. The molecule has 1 N–H and O–H groups in total. The Labute approximate surface area is 133 Å². The van der Waals surface area contributed by atoms with Gasteiger partial charge < -0.3 is 14.9 Å². The molecule has 2 aromatic rings. The third-order valence-electron chi connectivity index (χ3n) is 3.83. The molecule has 2 heterocycles. The van der Waals surface area contributed by atoms with Gasteiger partial charge in [-0.25, -0.2) is 4.79 Å². The number of hydrogen-bond acceptors (Lipinski definition) is 5. The van der Waals surface area contributed by atoms with Crippen molar-refractivity contribution in [3.63, 3.8) is 0 Å². The number of aromatic carboxylic acids is 1. The van der Waals surface area contributed by atoms with E-state index in [2.05, 4.69) is 15.1 Å². The minimum absolute atomic E-state index is 0.0827. The molecule has 0 aliphatic carbocycles. The smallest absolute Gasteiger partial charge is 0.335 e. The van der Waals surface area contributed by atoms with Crippen LogP contribution in [0.3, 0.4) is 0 Å². The Morgan fingerprint density at radius 2 is 1.61 bits per heavy atom. The van der Waals surface area contributed by atoms with Gasteiger partial charge >= 0.3 is 5.97 Å². The third-order valence-corrected chi connectivity index (χ3v) is 3.83. The molecule has 23 heavy (non-hydrogen) atoms. The Kier molecular flexibility index (Phi) is 4.18. The number of aromatic nitrogens is 2. The lowest BCUT2D eigenvalue weighted by molar-refractivity contribution is 0.0693. The summed E-state index contributed by atoms with van der Waals surface area (Å²) in [7, 11) is 0. The molecule has 0 spiro atoms. The van der Waals surface area contributed by atoms with Crippen LogP contribution in [0, 0.1) is 0 Å². The van der Waals surface area contributed by atoms with Gasteiger partial charge in [0.05, 0.1) is 5.56 Å². The Morgan fingerprint density at radius 1 is 0.957 bits per heavy atom. The van der Waals surface area contributed by atoms with Gasteiger partial charge in [0.2, 0.25) is 0 Å². The molecule has 7 nitrogen and oxygen atoms in total. The zero-order chi connectivity index (χ0) is 16.2. The zero-order valence-electron chi connectivity index (χ0n) is 12.4. The van der Waals surface area contributed by atoms with Gasteiger partial charge in [-0.3, -0.25) is 4.79 Å². The molecule has 0 unspecified atom stereocenters. The van der Waals surface area contributed by atoms with Gasteiger partial charge in [-0.05, 0) is 36.4 Å². The molecule has 1 saturated heterocycles. The van der Waals surface area contributed by atoms with Crippen molar-refractivity contribution in [1.82, 2.24) is 15.1 Å². The topological polar surface area (TPSA) is 86.6 Å². The summed E-state index contributed by atoms with van der Waals surface area (Å²) in [6.07, 6.45) is 1.63. The minimum Gasteiger partial charge on any atom is -0.478 e. The second kappa shape index (κ2) is 6.43. The Bertz CT molecular complexity index is 695. The Morgan fingerprint density at radius 3 is 2.17 bits per heavy atom. The number of hydrogen-bond donors (Lipinski definition) is 1. The van der Waals surface area contributed by atoms with Crippen LogP contribution in [-0.4, -0.2) is 58.3 Å². The highest BCUT2D eigenvalue weighted by molar-refractivity contribution is 5.96. The molecule has 1 aromatic carbocycles. The first-order valence-electron chi connectivity index (χ1n) is 7.30. The Hall–Kier alpha value is -2.96. The van der Waals surface area contributed by atoms with Crippen molar-refractivity contribution in [3.05, 3.63) is 53.7 Å². The summed E-state index contributed by atoms with van der Waals surface area (Å²) in [5, 5.41) is 16.8. The van der Waals surface area contributed by atoms with Crippen LogP contribution in [0.1, 0.15) is 20.7 Å². The number of carbonyl (C=O) groups excluding carboxylic acids is 1. The number of carboxylic acid groups (broad SMARTS) is 1. The van der Waals surface area contributed by atoms with E-state index >= 15 is 0 Å². The molecule has 0 atom stereocenters. The normalized spacial score (nSPS) is 14.6. The van der Waals surface area contributed by atoms with Crippen molar-refractivity contribution in [2.75, 3.05) is 31.1 Å². The first-order chi connectivity index (χ1) is 11.1. The van der Waals surface area contributed by atoms with Crippen LogP contribution in [0.25, 0.3) is 0 Å². The lowest BCUT2D eigenvalue weighted by atomic mass is 10.1. The summed E-state index contributed by atoms with van der Waals surface area (Å²) in [4.78, 5) is 27.2. The van der Waals surface area contributed by atoms with Gasteiger partial charge in [-0.1, -0.05) is 0 Å². The molecule has 1 aliphatic heterocycles. The molecule has 0 saturated carbocycles. The Balaban J connectivity index is 1.63. The quantitative estimate of drug-likeness (QED) is 0.914. The van der Waals surface area contributed by atoms with E-state index in [1.807, 2.05) is 12.1 Å². The molecule has 1 aliphatic rings. The van der Waals surface area contributed by atoms with Crippen LogP contribution >= 0.6 is 0 Å². The summed E-state index contributed by atoms with van der Waals surface area (Å²) in [6, 6.07) is 9.75. The zero-order valence-corrected chi connectivity index (χ0v) is 12.4. The lowest BCUT2D eigenvalue weighted by Crippen LogP contribution is -2.49. The molecular weight excluding hydrogens is 296 g/mol. The fourth-order valence-electron chi connectivity index (χ4n) is 2.54. The molecule has 1 fully saturated rings. The van der Waals surface area contributed by atoms with Gasteiger partial charge in [0.25, 0.3) is 5.91 Å². The average molecular weight is 312 g/mol. The van der Waals surface area contributed by atoms with Gasteiger partial charge in [0.1, 0.15) is 0 Å². The van der Waals surface area contributed by atoms with Gasteiger partial charge in [0.15, 0.2) is 5.82 Å². The molecule has 1 amide bonds. The largest absolute Gasteiger partial charge is 0.478 e. The van der Waals surface area contributed by atoms with Crippen LogP contribution in [0.15, 0.2) is 42.6 Å². The number of piperazine rings is 1.